The minimum absolute atomic E-state index is 0.178. The predicted octanol–water partition coefficient (Wildman–Crippen LogP) is 4.26. The summed E-state index contributed by atoms with van der Waals surface area (Å²) in [5.74, 6) is 0.178. The van der Waals surface area contributed by atoms with Crippen LogP contribution in [0, 0.1) is 0 Å². The first-order valence-electron chi connectivity index (χ1n) is 8.35. The van der Waals surface area contributed by atoms with Crippen molar-refractivity contribution in [2.75, 3.05) is 6.54 Å². The molecule has 2 aromatic rings. The van der Waals surface area contributed by atoms with E-state index in [-0.39, 0.29) is 11.9 Å². The highest BCUT2D eigenvalue weighted by Gasteiger charge is 2.16. The second-order valence-electron chi connectivity index (χ2n) is 6.15. The molecule has 0 heterocycles. The van der Waals surface area contributed by atoms with Crippen LogP contribution in [0.15, 0.2) is 54.6 Å². The van der Waals surface area contributed by atoms with Gasteiger partial charge in [0.2, 0.25) is 5.91 Å². The van der Waals surface area contributed by atoms with Gasteiger partial charge in [0.15, 0.2) is 0 Å². The topological polar surface area (TPSA) is 32.3 Å². The Balaban J connectivity index is 1.79. The van der Waals surface area contributed by atoms with Crippen LogP contribution in [-0.4, -0.2) is 23.4 Å². The molecule has 0 spiro atoms. The number of amides is 1. The first-order valence-corrected chi connectivity index (χ1v) is 8.72. The molecular formula is C20H25ClN2O. The summed E-state index contributed by atoms with van der Waals surface area (Å²) in [5.41, 5.74) is 2.32. The van der Waals surface area contributed by atoms with Gasteiger partial charge in [-0.25, -0.2) is 0 Å². The summed E-state index contributed by atoms with van der Waals surface area (Å²) in [7, 11) is 0. The van der Waals surface area contributed by atoms with Crippen LogP contribution in [0.2, 0.25) is 5.02 Å². The van der Waals surface area contributed by atoms with Crippen molar-refractivity contribution in [1.82, 2.24) is 10.2 Å². The van der Waals surface area contributed by atoms with E-state index in [2.05, 4.69) is 31.3 Å². The van der Waals surface area contributed by atoms with Crippen LogP contribution in [-0.2, 0) is 17.9 Å². The summed E-state index contributed by atoms with van der Waals surface area (Å²) in [6, 6.07) is 18.1. The highest BCUT2D eigenvalue weighted by atomic mass is 35.5. The number of nitrogens with zero attached hydrogens (tertiary/aromatic N) is 1. The molecule has 0 unspecified atom stereocenters. The molecule has 0 saturated heterocycles. The first kappa shape index (κ1) is 18.5. The maximum atomic E-state index is 12.5. The second kappa shape index (κ2) is 9.45. The Morgan fingerprint density at radius 3 is 2.33 bits per heavy atom. The zero-order valence-electron chi connectivity index (χ0n) is 14.3. The van der Waals surface area contributed by atoms with Crippen LogP contribution < -0.4 is 5.32 Å². The molecular weight excluding hydrogens is 320 g/mol. The van der Waals surface area contributed by atoms with Gasteiger partial charge in [0.05, 0.1) is 0 Å². The molecule has 0 aliphatic heterocycles. The number of hydrogen-bond donors (Lipinski definition) is 1. The molecule has 1 N–H and O–H groups in total. The van der Waals surface area contributed by atoms with E-state index in [1.54, 1.807) is 0 Å². The lowest BCUT2D eigenvalue weighted by molar-refractivity contribution is -0.133. The molecule has 2 aromatic carbocycles. The number of carbonyl (C=O) groups excluding carboxylic acids is 1. The molecule has 0 radical (unpaired) electrons. The molecule has 0 fully saturated rings. The summed E-state index contributed by atoms with van der Waals surface area (Å²) in [6.07, 6.45) is 0.499. The number of benzene rings is 2. The van der Waals surface area contributed by atoms with Gasteiger partial charge in [-0.1, -0.05) is 54.1 Å². The van der Waals surface area contributed by atoms with Crippen LogP contribution in [0.4, 0.5) is 0 Å². The Kier molecular flexibility index (Phi) is 7.29. The Labute approximate surface area is 149 Å². The number of halogens is 1. The summed E-state index contributed by atoms with van der Waals surface area (Å²) in [6.45, 7) is 6.18. The third-order valence-corrected chi connectivity index (χ3v) is 4.15. The second-order valence-corrected chi connectivity index (χ2v) is 6.59. The Morgan fingerprint density at radius 2 is 1.71 bits per heavy atom. The Bertz CT molecular complexity index is 626. The summed E-state index contributed by atoms with van der Waals surface area (Å²) in [5, 5.41) is 4.06. The average Bonchev–Trinajstić information content (AvgIpc) is 2.58. The van der Waals surface area contributed by atoms with E-state index in [4.69, 9.17) is 11.6 Å². The van der Waals surface area contributed by atoms with Crippen molar-refractivity contribution in [3.63, 3.8) is 0 Å². The van der Waals surface area contributed by atoms with Crippen LogP contribution in [0.3, 0.4) is 0 Å². The molecule has 0 aliphatic carbocycles. The van der Waals surface area contributed by atoms with Crippen molar-refractivity contribution in [1.29, 1.82) is 0 Å². The van der Waals surface area contributed by atoms with Crippen molar-refractivity contribution in [3.8, 4) is 0 Å². The lowest BCUT2D eigenvalue weighted by atomic mass is 10.1. The van der Waals surface area contributed by atoms with Gasteiger partial charge < -0.3 is 10.2 Å². The Morgan fingerprint density at radius 1 is 1.04 bits per heavy atom. The highest BCUT2D eigenvalue weighted by molar-refractivity contribution is 6.30. The van der Waals surface area contributed by atoms with E-state index >= 15 is 0 Å². The minimum atomic E-state index is 0.178. The SMILES string of the molecule is CC(C)N(Cc1ccccc1)C(=O)CCNCc1ccc(Cl)cc1. The summed E-state index contributed by atoms with van der Waals surface area (Å²) < 4.78 is 0. The van der Waals surface area contributed by atoms with Crippen LogP contribution in [0.1, 0.15) is 31.4 Å². The maximum Gasteiger partial charge on any atom is 0.224 e. The maximum absolute atomic E-state index is 12.5. The normalized spacial score (nSPS) is 10.8. The molecule has 0 atom stereocenters. The third-order valence-electron chi connectivity index (χ3n) is 3.90. The van der Waals surface area contributed by atoms with E-state index < -0.39 is 0 Å². The lowest BCUT2D eigenvalue weighted by Gasteiger charge is -2.27. The quantitative estimate of drug-likeness (QED) is 0.726. The third kappa shape index (κ3) is 5.99. The largest absolute Gasteiger partial charge is 0.336 e. The van der Waals surface area contributed by atoms with Gasteiger partial charge in [0.1, 0.15) is 0 Å². The van der Waals surface area contributed by atoms with Crippen molar-refractivity contribution in [3.05, 3.63) is 70.7 Å². The van der Waals surface area contributed by atoms with Gasteiger partial charge in [-0.15, -0.1) is 0 Å². The fourth-order valence-electron chi connectivity index (χ4n) is 2.51. The molecule has 24 heavy (non-hydrogen) atoms. The van der Waals surface area contributed by atoms with Gasteiger partial charge in [0.25, 0.3) is 0 Å². The monoisotopic (exact) mass is 344 g/mol. The van der Waals surface area contributed by atoms with Gasteiger partial charge in [-0.05, 0) is 37.1 Å². The Hall–Kier alpha value is -1.84. The summed E-state index contributed by atoms with van der Waals surface area (Å²) in [4.78, 5) is 14.4. The number of hydrogen-bond acceptors (Lipinski definition) is 2. The molecule has 0 saturated carbocycles. The first-order chi connectivity index (χ1) is 11.6. The predicted molar refractivity (Wildman–Crippen MR) is 99.9 cm³/mol. The highest BCUT2D eigenvalue weighted by Crippen LogP contribution is 2.11. The van der Waals surface area contributed by atoms with Crippen LogP contribution in [0.5, 0.6) is 0 Å². The van der Waals surface area contributed by atoms with Crippen LogP contribution >= 0.6 is 11.6 Å². The average molecular weight is 345 g/mol. The van der Waals surface area contributed by atoms with E-state index in [0.29, 0.717) is 19.5 Å². The zero-order chi connectivity index (χ0) is 17.4. The lowest BCUT2D eigenvalue weighted by Crippen LogP contribution is -2.37. The van der Waals surface area contributed by atoms with Gasteiger partial charge >= 0.3 is 0 Å². The van der Waals surface area contributed by atoms with E-state index in [1.165, 1.54) is 0 Å². The van der Waals surface area contributed by atoms with Crippen molar-refractivity contribution < 1.29 is 4.79 Å². The van der Waals surface area contributed by atoms with Crippen molar-refractivity contribution in [2.45, 2.75) is 39.4 Å². The molecule has 0 bridgehead atoms. The van der Waals surface area contributed by atoms with E-state index in [9.17, 15) is 4.79 Å². The molecule has 0 aromatic heterocycles. The molecule has 0 aliphatic rings. The number of carbonyl (C=O) groups is 1. The fraction of sp³-hybridized carbons (Fsp3) is 0.350. The standard InChI is InChI=1S/C20H25ClN2O/c1-16(2)23(15-18-6-4-3-5-7-18)20(24)12-13-22-14-17-8-10-19(21)11-9-17/h3-11,16,22H,12-15H2,1-2H3. The van der Waals surface area contributed by atoms with Gasteiger partial charge in [0, 0.05) is 37.1 Å². The summed E-state index contributed by atoms with van der Waals surface area (Å²) >= 11 is 5.87. The molecule has 3 nitrogen and oxygen atoms in total. The zero-order valence-corrected chi connectivity index (χ0v) is 15.1. The molecule has 2 rings (SSSR count). The number of nitrogens with one attached hydrogen (secondary N) is 1. The van der Waals surface area contributed by atoms with Gasteiger partial charge in [-0.3, -0.25) is 4.79 Å². The smallest absolute Gasteiger partial charge is 0.224 e. The van der Waals surface area contributed by atoms with Crippen molar-refractivity contribution >= 4 is 17.5 Å². The van der Waals surface area contributed by atoms with Gasteiger partial charge in [-0.2, -0.15) is 0 Å². The molecule has 1 amide bonds. The van der Waals surface area contributed by atoms with E-state index in [0.717, 1.165) is 22.7 Å². The van der Waals surface area contributed by atoms with Crippen LogP contribution in [0.25, 0.3) is 0 Å². The molecule has 4 heteroatoms. The molecule has 128 valence electrons. The van der Waals surface area contributed by atoms with E-state index in [1.807, 2.05) is 47.4 Å². The number of rotatable bonds is 8. The van der Waals surface area contributed by atoms with Crippen molar-refractivity contribution in [2.24, 2.45) is 0 Å². The minimum Gasteiger partial charge on any atom is -0.336 e. The fourth-order valence-corrected chi connectivity index (χ4v) is 2.64.